The Bertz CT molecular complexity index is 1070. The van der Waals surface area contributed by atoms with Crippen LogP contribution in [0.4, 0.5) is 0 Å². The number of hydrogen-bond donors (Lipinski definition) is 0. The molecule has 4 rings (SSSR count). The summed E-state index contributed by atoms with van der Waals surface area (Å²) in [6.45, 7) is 0.560. The molecule has 8 heteroatoms. The minimum absolute atomic E-state index is 0.560. The Labute approximate surface area is 186 Å². The van der Waals surface area contributed by atoms with E-state index in [9.17, 15) is 0 Å². The van der Waals surface area contributed by atoms with Gasteiger partial charge in [-0.25, -0.2) is 0 Å². The van der Waals surface area contributed by atoms with E-state index < -0.39 is 0 Å². The highest BCUT2D eigenvalue weighted by atomic mass is 79.9. The Morgan fingerprint density at radius 2 is 1.66 bits per heavy atom. The van der Waals surface area contributed by atoms with Crippen molar-refractivity contribution in [3.8, 4) is 22.8 Å². The molecule has 0 N–H and O–H groups in total. The highest BCUT2D eigenvalue weighted by molar-refractivity contribution is 9.10. The van der Waals surface area contributed by atoms with Crippen molar-refractivity contribution in [1.29, 1.82) is 0 Å². The van der Waals surface area contributed by atoms with Crippen LogP contribution in [0.5, 0.6) is 5.75 Å². The summed E-state index contributed by atoms with van der Waals surface area (Å²) in [5, 5.41) is 10.3. The van der Waals surface area contributed by atoms with Gasteiger partial charge in [0.05, 0.1) is 6.61 Å². The maximum absolute atomic E-state index is 6.07. The van der Waals surface area contributed by atoms with Gasteiger partial charge >= 0.3 is 0 Å². The first kappa shape index (κ1) is 19.9. The number of nitrogens with zero attached hydrogens (tertiary/aromatic N) is 4. The second kappa shape index (κ2) is 9.43. The summed E-state index contributed by atoms with van der Waals surface area (Å²) < 4.78 is 8.86. The number of aromatic nitrogens is 4. The van der Waals surface area contributed by atoms with Gasteiger partial charge in [0, 0.05) is 38.9 Å². The third-order valence-corrected chi connectivity index (χ3v) is 5.73. The molecule has 0 radical (unpaired) electrons. The van der Waals surface area contributed by atoms with Crippen LogP contribution in [0.15, 0.2) is 82.7 Å². The molecule has 146 valence electrons. The molecule has 0 unspecified atom stereocenters. The van der Waals surface area contributed by atoms with E-state index in [1.165, 1.54) is 0 Å². The maximum atomic E-state index is 6.07. The van der Waals surface area contributed by atoms with Crippen molar-refractivity contribution in [2.75, 3.05) is 12.4 Å². The van der Waals surface area contributed by atoms with Gasteiger partial charge in [0.15, 0.2) is 11.0 Å². The zero-order valence-electron chi connectivity index (χ0n) is 15.2. The van der Waals surface area contributed by atoms with E-state index in [-0.39, 0.29) is 0 Å². The second-order valence-electron chi connectivity index (χ2n) is 6.00. The minimum Gasteiger partial charge on any atom is -0.493 e. The Balaban J connectivity index is 1.54. The Hall–Kier alpha value is -2.35. The fraction of sp³-hybridized carbons (Fsp3) is 0.0952. The summed E-state index contributed by atoms with van der Waals surface area (Å²) in [6.07, 6.45) is 3.49. The Morgan fingerprint density at radius 3 is 2.38 bits per heavy atom. The molecule has 2 aromatic carbocycles. The van der Waals surface area contributed by atoms with Crippen LogP contribution < -0.4 is 4.74 Å². The van der Waals surface area contributed by atoms with E-state index in [0.29, 0.717) is 11.6 Å². The molecule has 0 bridgehead atoms. The predicted octanol–water partition coefficient (Wildman–Crippen LogP) is 5.92. The molecule has 2 aromatic heterocycles. The monoisotopic (exact) mass is 486 g/mol. The van der Waals surface area contributed by atoms with Crippen molar-refractivity contribution >= 4 is 39.3 Å². The molecule has 0 spiro atoms. The number of pyridine rings is 1. The van der Waals surface area contributed by atoms with Gasteiger partial charge in [0.2, 0.25) is 0 Å². The minimum atomic E-state index is 0.560. The van der Waals surface area contributed by atoms with Crippen LogP contribution in [0.25, 0.3) is 17.1 Å². The summed E-state index contributed by atoms with van der Waals surface area (Å²) in [7, 11) is 0. The summed E-state index contributed by atoms with van der Waals surface area (Å²) in [5.41, 5.74) is 1.89. The maximum Gasteiger partial charge on any atom is 0.196 e. The van der Waals surface area contributed by atoms with Gasteiger partial charge in [-0.2, -0.15) is 0 Å². The van der Waals surface area contributed by atoms with Gasteiger partial charge in [-0.15, -0.1) is 10.2 Å². The molecular weight excluding hydrogens is 472 g/mol. The third-order valence-electron chi connectivity index (χ3n) is 4.05. The molecule has 0 fully saturated rings. The molecule has 0 aliphatic heterocycles. The number of rotatable bonds is 7. The molecule has 2 heterocycles. The van der Waals surface area contributed by atoms with Crippen molar-refractivity contribution in [1.82, 2.24) is 19.7 Å². The van der Waals surface area contributed by atoms with Gasteiger partial charge in [0.25, 0.3) is 0 Å². The normalized spacial score (nSPS) is 10.8. The molecule has 0 saturated heterocycles. The molecule has 5 nitrogen and oxygen atoms in total. The lowest BCUT2D eigenvalue weighted by molar-refractivity contribution is 0.344. The lowest BCUT2D eigenvalue weighted by Crippen LogP contribution is -2.03. The number of hydrogen-bond acceptors (Lipinski definition) is 5. The van der Waals surface area contributed by atoms with Crippen molar-refractivity contribution in [3.05, 3.63) is 82.6 Å². The fourth-order valence-electron chi connectivity index (χ4n) is 2.70. The third kappa shape index (κ3) is 4.98. The molecule has 0 aliphatic carbocycles. The summed E-state index contributed by atoms with van der Waals surface area (Å²) >= 11 is 11.1. The SMILES string of the molecule is Clc1ccc(-n2c(SCCOc3ccc(Br)cc3)nnc2-c2ccncc2)cc1. The molecular formula is C21H16BrClN4OS. The standard InChI is InChI=1S/C21H16BrClN4OS/c22-16-1-7-19(8-2-16)28-13-14-29-21-26-25-20(15-9-11-24-12-10-15)27(21)18-5-3-17(23)4-6-18/h1-12H,13-14H2. The first-order valence-electron chi connectivity index (χ1n) is 8.83. The second-order valence-corrected chi connectivity index (χ2v) is 8.42. The Kier molecular flexibility index (Phi) is 6.49. The highest BCUT2D eigenvalue weighted by Gasteiger charge is 2.16. The largest absolute Gasteiger partial charge is 0.493 e. The van der Waals surface area contributed by atoms with Gasteiger partial charge in [0.1, 0.15) is 5.75 Å². The van der Waals surface area contributed by atoms with E-state index in [1.54, 1.807) is 24.2 Å². The average molecular weight is 488 g/mol. The Morgan fingerprint density at radius 1 is 0.931 bits per heavy atom. The van der Waals surface area contributed by atoms with Crippen LogP contribution in [-0.4, -0.2) is 32.1 Å². The van der Waals surface area contributed by atoms with Crippen LogP contribution >= 0.6 is 39.3 Å². The number of benzene rings is 2. The predicted molar refractivity (Wildman–Crippen MR) is 120 cm³/mol. The fourth-order valence-corrected chi connectivity index (χ4v) is 3.86. The molecule has 0 aliphatic rings. The van der Waals surface area contributed by atoms with Crippen LogP contribution in [-0.2, 0) is 0 Å². The summed E-state index contributed by atoms with van der Waals surface area (Å²) in [4.78, 5) is 4.09. The lowest BCUT2D eigenvalue weighted by atomic mass is 10.2. The van der Waals surface area contributed by atoms with Crippen molar-refractivity contribution < 1.29 is 4.74 Å². The summed E-state index contributed by atoms with van der Waals surface area (Å²) in [5.74, 6) is 2.33. The van der Waals surface area contributed by atoms with Gasteiger partial charge in [-0.1, -0.05) is 39.3 Å². The van der Waals surface area contributed by atoms with E-state index in [2.05, 4.69) is 31.1 Å². The van der Waals surface area contributed by atoms with E-state index in [1.807, 2.05) is 65.2 Å². The van der Waals surface area contributed by atoms with E-state index in [0.717, 1.165) is 38.2 Å². The van der Waals surface area contributed by atoms with Crippen molar-refractivity contribution in [3.63, 3.8) is 0 Å². The zero-order valence-corrected chi connectivity index (χ0v) is 18.4. The van der Waals surface area contributed by atoms with Crippen LogP contribution in [0, 0.1) is 0 Å². The first-order chi connectivity index (χ1) is 14.2. The molecule has 0 saturated carbocycles. The highest BCUT2D eigenvalue weighted by Crippen LogP contribution is 2.28. The molecule has 0 amide bonds. The van der Waals surface area contributed by atoms with Crippen LogP contribution in [0.1, 0.15) is 0 Å². The topological polar surface area (TPSA) is 52.8 Å². The number of ether oxygens (including phenoxy) is 1. The van der Waals surface area contributed by atoms with Gasteiger partial charge in [-0.05, 0) is 60.7 Å². The quantitative estimate of drug-likeness (QED) is 0.239. The van der Waals surface area contributed by atoms with Crippen molar-refractivity contribution in [2.24, 2.45) is 0 Å². The number of halogens is 2. The van der Waals surface area contributed by atoms with E-state index >= 15 is 0 Å². The number of thioether (sulfide) groups is 1. The van der Waals surface area contributed by atoms with Crippen molar-refractivity contribution in [2.45, 2.75) is 5.16 Å². The molecule has 29 heavy (non-hydrogen) atoms. The van der Waals surface area contributed by atoms with E-state index in [4.69, 9.17) is 16.3 Å². The zero-order chi connectivity index (χ0) is 20.1. The van der Waals surface area contributed by atoms with Crippen LogP contribution in [0.3, 0.4) is 0 Å². The van der Waals surface area contributed by atoms with Gasteiger partial charge < -0.3 is 4.74 Å². The first-order valence-corrected chi connectivity index (χ1v) is 11.0. The van der Waals surface area contributed by atoms with Crippen LogP contribution in [0.2, 0.25) is 5.02 Å². The summed E-state index contributed by atoms with van der Waals surface area (Å²) in [6, 6.07) is 19.3. The van der Waals surface area contributed by atoms with Gasteiger partial charge in [-0.3, -0.25) is 9.55 Å². The average Bonchev–Trinajstić information content (AvgIpc) is 3.17. The molecule has 4 aromatic rings. The molecule has 0 atom stereocenters. The lowest BCUT2D eigenvalue weighted by Gasteiger charge is -2.11. The smallest absolute Gasteiger partial charge is 0.196 e.